The molecule has 0 aliphatic carbocycles. The Morgan fingerprint density at radius 3 is 2.37 bits per heavy atom. The summed E-state index contributed by atoms with van der Waals surface area (Å²) in [5.74, 6) is 2.04. The number of aryl methyl sites for hydroxylation is 2. The fourth-order valence-corrected chi connectivity index (χ4v) is 2.98. The molecule has 27 heavy (non-hydrogen) atoms. The highest BCUT2D eigenvalue weighted by Crippen LogP contribution is 2.29. The fraction of sp³-hybridized carbons (Fsp3) is 0.286. The van der Waals surface area contributed by atoms with Crippen molar-refractivity contribution in [2.45, 2.75) is 19.5 Å². The summed E-state index contributed by atoms with van der Waals surface area (Å²) in [5, 5.41) is 3.48. The molecule has 3 aromatic rings. The minimum absolute atomic E-state index is 0.203. The molecular weight excluding hydrogens is 345 g/mol. The Bertz CT molecular complexity index is 901. The maximum atomic E-state index is 13.9. The number of aromatic nitrogens is 2. The first-order chi connectivity index (χ1) is 13.0. The van der Waals surface area contributed by atoms with Crippen molar-refractivity contribution in [3.63, 3.8) is 0 Å². The molecule has 3 rings (SSSR count). The fourth-order valence-electron chi connectivity index (χ4n) is 2.98. The third-order valence-electron chi connectivity index (χ3n) is 4.57. The highest BCUT2D eigenvalue weighted by Gasteiger charge is 2.20. The van der Waals surface area contributed by atoms with Gasteiger partial charge in [0, 0.05) is 32.1 Å². The minimum atomic E-state index is -0.210. The van der Waals surface area contributed by atoms with Crippen molar-refractivity contribution < 1.29 is 13.9 Å². The molecule has 0 aliphatic rings. The molecule has 5 nitrogen and oxygen atoms in total. The second kappa shape index (κ2) is 8.22. The van der Waals surface area contributed by atoms with Gasteiger partial charge in [0.15, 0.2) is 0 Å². The maximum Gasteiger partial charge on any atom is 0.130 e. The van der Waals surface area contributed by atoms with Crippen molar-refractivity contribution in [2.24, 2.45) is 7.05 Å². The zero-order valence-corrected chi connectivity index (χ0v) is 16.0. The maximum absolute atomic E-state index is 13.9. The standard InChI is InChI=1S/C21H24FN3O2/c1-14-5-6-15(9-19(14)22)13-24-20(21-23-7-8-25(21)2)16-10-17(26-3)12-18(11-16)27-4/h5-12,20,24H,13H2,1-4H3. The van der Waals surface area contributed by atoms with E-state index in [4.69, 9.17) is 9.47 Å². The molecule has 2 aromatic carbocycles. The lowest BCUT2D eigenvalue weighted by Crippen LogP contribution is -2.25. The number of hydrogen-bond acceptors (Lipinski definition) is 4. The summed E-state index contributed by atoms with van der Waals surface area (Å²) >= 11 is 0. The molecule has 0 amide bonds. The molecule has 0 saturated heterocycles. The van der Waals surface area contributed by atoms with Crippen LogP contribution in [0.3, 0.4) is 0 Å². The molecule has 142 valence electrons. The number of ether oxygens (including phenoxy) is 2. The van der Waals surface area contributed by atoms with Crippen molar-refractivity contribution in [1.82, 2.24) is 14.9 Å². The lowest BCUT2D eigenvalue weighted by atomic mass is 10.0. The van der Waals surface area contributed by atoms with Crippen LogP contribution in [0, 0.1) is 12.7 Å². The van der Waals surface area contributed by atoms with Gasteiger partial charge < -0.3 is 14.0 Å². The second-order valence-electron chi connectivity index (χ2n) is 6.44. The number of halogens is 1. The van der Waals surface area contributed by atoms with E-state index >= 15 is 0 Å². The summed E-state index contributed by atoms with van der Waals surface area (Å²) in [4.78, 5) is 4.49. The Balaban J connectivity index is 1.94. The summed E-state index contributed by atoms with van der Waals surface area (Å²) in [5.41, 5.74) is 2.46. The lowest BCUT2D eigenvalue weighted by molar-refractivity contribution is 0.392. The van der Waals surface area contributed by atoms with E-state index in [0.717, 1.165) is 17.0 Å². The molecule has 0 radical (unpaired) electrons. The van der Waals surface area contributed by atoms with Crippen LogP contribution in [0.15, 0.2) is 48.8 Å². The van der Waals surface area contributed by atoms with E-state index in [1.54, 1.807) is 39.5 Å². The molecule has 0 fully saturated rings. The van der Waals surface area contributed by atoms with E-state index in [2.05, 4.69) is 10.3 Å². The summed E-state index contributed by atoms with van der Waals surface area (Å²) in [6, 6.07) is 10.8. The highest BCUT2D eigenvalue weighted by molar-refractivity contribution is 5.41. The molecule has 6 heteroatoms. The van der Waals surface area contributed by atoms with Gasteiger partial charge in [-0.3, -0.25) is 5.32 Å². The van der Waals surface area contributed by atoms with E-state index in [9.17, 15) is 4.39 Å². The average Bonchev–Trinajstić information content (AvgIpc) is 3.10. The van der Waals surface area contributed by atoms with Gasteiger partial charge >= 0.3 is 0 Å². The Kier molecular flexibility index (Phi) is 5.76. The predicted octanol–water partition coefficient (Wildman–Crippen LogP) is 3.76. The van der Waals surface area contributed by atoms with Gasteiger partial charge in [-0.05, 0) is 41.8 Å². The molecule has 0 spiro atoms. The number of nitrogens with zero attached hydrogens (tertiary/aromatic N) is 2. The predicted molar refractivity (Wildman–Crippen MR) is 103 cm³/mol. The van der Waals surface area contributed by atoms with Gasteiger partial charge in [0.25, 0.3) is 0 Å². The van der Waals surface area contributed by atoms with Crippen LogP contribution in [0.5, 0.6) is 11.5 Å². The second-order valence-corrected chi connectivity index (χ2v) is 6.44. The van der Waals surface area contributed by atoms with Crippen molar-refractivity contribution >= 4 is 0 Å². The largest absolute Gasteiger partial charge is 0.497 e. The molecular formula is C21H24FN3O2. The van der Waals surface area contributed by atoms with Crippen LogP contribution in [0.1, 0.15) is 28.6 Å². The Morgan fingerprint density at radius 2 is 1.81 bits per heavy atom. The van der Waals surface area contributed by atoms with Crippen molar-refractivity contribution in [2.75, 3.05) is 14.2 Å². The zero-order valence-electron chi connectivity index (χ0n) is 16.0. The van der Waals surface area contributed by atoms with Gasteiger partial charge in [-0.2, -0.15) is 0 Å². The van der Waals surface area contributed by atoms with Crippen molar-refractivity contribution in [3.05, 3.63) is 77.1 Å². The highest BCUT2D eigenvalue weighted by atomic mass is 19.1. The Labute approximate surface area is 158 Å². The molecule has 1 heterocycles. The van der Waals surface area contributed by atoms with Gasteiger partial charge in [-0.1, -0.05) is 12.1 Å². The van der Waals surface area contributed by atoms with E-state index < -0.39 is 0 Å². The molecule has 1 unspecified atom stereocenters. The summed E-state index contributed by atoms with van der Waals surface area (Å²) in [6.07, 6.45) is 3.65. The monoisotopic (exact) mass is 369 g/mol. The van der Waals surface area contributed by atoms with E-state index in [1.165, 1.54) is 0 Å². The van der Waals surface area contributed by atoms with Gasteiger partial charge in [0.1, 0.15) is 23.1 Å². The summed E-state index contributed by atoms with van der Waals surface area (Å²) in [7, 11) is 5.19. The third kappa shape index (κ3) is 4.28. The Hall–Kier alpha value is -2.86. The van der Waals surface area contributed by atoms with Gasteiger partial charge in [-0.15, -0.1) is 0 Å². The number of methoxy groups -OCH3 is 2. The molecule has 0 aliphatic heterocycles. The van der Waals surface area contributed by atoms with Crippen LogP contribution in [-0.4, -0.2) is 23.8 Å². The van der Waals surface area contributed by atoms with Gasteiger partial charge in [0.2, 0.25) is 0 Å². The minimum Gasteiger partial charge on any atom is -0.497 e. The zero-order chi connectivity index (χ0) is 19.4. The van der Waals surface area contributed by atoms with E-state index in [1.807, 2.05) is 42.1 Å². The van der Waals surface area contributed by atoms with Crippen molar-refractivity contribution in [1.29, 1.82) is 0 Å². The smallest absolute Gasteiger partial charge is 0.130 e. The van der Waals surface area contributed by atoms with Crippen LogP contribution < -0.4 is 14.8 Å². The van der Waals surface area contributed by atoms with Crippen LogP contribution in [0.25, 0.3) is 0 Å². The number of rotatable bonds is 7. The van der Waals surface area contributed by atoms with Crippen molar-refractivity contribution in [3.8, 4) is 11.5 Å². The molecule has 0 bridgehead atoms. The van der Waals surface area contributed by atoms with Crippen LogP contribution in [0.4, 0.5) is 4.39 Å². The number of nitrogens with one attached hydrogen (secondary N) is 1. The van der Waals surface area contributed by atoms with Gasteiger partial charge in [-0.25, -0.2) is 9.37 Å². The molecule has 1 aromatic heterocycles. The number of imidazole rings is 1. The lowest BCUT2D eigenvalue weighted by Gasteiger charge is -2.21. The first-order valence-electron chi connectivity index (χ1n) is 8.70. The molecule has 0 saturated carbocycles. The quantitative estimate of drug-likeness (QED) is 0.689. The summed E-state index contributed by atoms with van der Waals surface area (Å²) in [6.45, 7) is 2.25. The first-order valence-corrected chi connectivity index (χ1v) is 8.70. The third-order valence-corrected chi connectivity index (χ3v) is 4.57. The topological polar surface area (TPSA) is 48.3 Å². The average molecular weight is 369 g/mol. The molecule has 1 atom stereocenters. The van der Waals surface area contributed by atoms with Gasteiger partial charge in [0.05, 0.1) is 20.3 Å². The summed E-state index contributed by atoms with van der Waals surface area (Å²) < 4.78 is 26.6. The number of hydrogen-bond donors (Lipinski definition) is 1. The van der Waals surface area contributed by atoms with Crippen LogP contribution in [0.2, 0.25) is 0 Å². The Morgan fingerprint density at radius 1 is 1.11 bits per heavy atom. The number of benzene rings is 2. The SMILES string of the molecule is COc1cc(OC)cc(C(NCc2ccc(C)c(F)c2)c2nccn2C)c1. The van der Waals surface area contributed by atoms with E-state index in [-0.39, 0.29) is 11.9 Å². The molecule has 1 N–H and O–H groups in total. The van der Waals surface area contributed by atoms with E-state index in [0.29, 0.717) is 23.6 Å². The normalized spacial score (nSPS) is 12.0. The van der Waals surface area contributed by atoms with Crippen LogP contribution in [-0.2, 0) is 13.6 Å². The van der Waals surface area contributed by atoms with Crippen LogP contribution >= 0.6 is 0 Å². The first kappa shape index (κ1) is 18.9.